The van der Waals surface area contributed by atoms with E-state index in [1.54, 1.807) is 12.4 Å². The van der Waals surface area contributed by atoms with Crippen LogP contribution in [0.4, 0.5) is 0 Å². The maximum absolute atomic E-state index is 5.37. The molecule has 0 amide bonds. The Labute approximate surface area is 99.8 Å². The third-order valence-electron chi connectivity index (χ3n) is 3.24. The molecule has 90 valence electrons. The lowest BCUT2D eigenvalue weighted by atomic mass is 10.0. The molecule has 0 spiro atoms. The average Bonchev–Trinajstić information content (AvgIpc) is 2.73. The molecule has 3 heterocycles. The first-order valence-electron chi connectivity index (χ1n) is 6.06. The van der Waals surface area contributed by atoms with Gasteiger partial charge in [0.25, 0.3) is 0 Å². The highest BCUT2D eigenvalue weighted by atomic mass is 16.5. The molecule has 17 heavy (non-hydrogen) atoms. The highest BCUT2D eigenvalue weighted by Crippen LogP contribution is 2.18. The van der Waals surface area contributed by atoms with Gasteiger partial charge in [0.15, 0.2) is 5.65 Å². The minimum Gasteiger partial charge on any atom is -0.381 e. The predicted molar refractivity (Wildman–Crippen MR) is 63.6 cm³/mol. The van der Waals surface area contributed by atoms with E-state index in [0.717, 1.165) is 49.5 Å². The minimum atomic E-state index is 0.647. The van der Waals surface area contributed by atoms with Gasteiger partial charge < -0.3 is 4.74 Å². The molecule has 0 N–H and O–H groups in total. The third kappa shape index (κ3) is 2.15. The van der Waals surface area contributed by atoms with Crippen molar-refractivity contribution in [3.63, 3.8) is 0 Å². The molecule has 0 saturated carbocycles. The molecular weight excluding hydrogens is 216 g/mol. The second-order valence-electron chi connectivity index (χ2n) is 4.60. The van der Waals surface area contributed by atoms with Crippen LogP contribution in [0.3, 0.4) is 0 Å². The van der Waals surface area contributed by atoms with E-state index in [1.165, 1.54) is 0 Å². The maximum Gasteiger partial charge on any atom is 0.177 e. The summed E-state index contributed by atoms with van der Waals surface area (Å²) in [4.78, 5) is 8.83. The minimum absolute atomic E-state index is 0.647. The topological polar surface area (TPSA) is 52.8 Å². The summed E-state index contributed by atoms with van der Waals surface area (Å²) < 4.78 is 7.35. The van der Waals surface area contributed by atoms with Gasteiger partial charge in [0.05, 0.1) is 11.9 Å². The smallest absolute Gasteiger partial charge is 0.177 e. The molecule has 0 bridgehead atoms. The van der Waals surface area contributed by atoms with Crippen LogP contribution < -0.4 is 0 Å². The molecule has 0 radical (unpaired) electrons. The number of aryl methyl sites for hydroxylation is 1. The SMILES string of the molecule is Cc1cnc2cnn(CC3CCOCC3)c2n1. The summed E-state index contributed by atoms with van der Waals surface area (Å²) in [6, 6.07) is 0. The van der Waals surface area contributed by atoms with Crippen molar-refractivity contribution in [1.29, 1.82) is 0 Å². The molecule has 2 aromatic rings. The number of fused-ring (bicyclic) bond motifs is 1. The van der Waals surface area contributed by atoms with E-state index in [2.05, 4.69) is 15.1 Å². The summed E-state index contributed by atoms with van der Waals surface area (Å²) in [5.74, 6) is 0.647. The largest absolute Gasteiger partial charge is 0.381 e. The molecule has 2 aromatic heterocycles. The second kappa shape index (κ2) is 4.41. The molecule has 5 heteroatoms. The van der Waals surface area contributed by atoms with Crippen molar-refractivity contribution in [2.24, 2.45) is 5.92 Å². The van der Waals surface area contributed by atoms with Crippen molar-refractivity contribution in [3.05, 3.63) is 18.1 Å². The zero-order valence-electron chi connectivity index (χ0n) is 9.96. The Balaban J connectivity index is 1.86. The summed E-state index contributed by atoms with van der Waals surface area (Å²) in [5, 5.41) is 4.38. The Hall–Kier alpha value is -1.49. The van der Waals surface area contributed by atoms with Crippen molar-refractivity contribution in [2.45, 2.75) is 26.3 Å². The number of hydrogen-bond donors (Lipinski definition) is 0. The van der Waals surface area contributed by atoms with Crippen LogP contribution in [0.15, 0.2) is 12.4 Å². The van der Waals surface area contributed by atoms with E-state index in [1.807, 2.05) is 11.6 Å². The van der Waals surface area contributed by atoms with Crippen molar-refractivity contribution in [3.8, 4) is 0 Å². The lowest BCUT2D eigenvalue weighted by Gasteiger charge is -2.21. The van der Waals surface area contributed by atoms with E-state index in [4.69, 9.17) is 4.74 Å². The zero-order chi connectivity index (χ0) is 11.7. The number of aromatic nitrogens is 4. The van der Waals surface area contributed by atoms with Crippen LogP contribution in [0.5, 0.6) is 0 Å². The van der Waals surface area contributed by atoms with Crippen molar-refractivity contribution in [2.75, 3.05) is 13.2 Å². The van der Waals surface area contributed by atoms with E-state index in [-0.39, 0.29) is 0 Å². The first-order valence-corrected chi connectivity index (χ1v) is 6.06. The van der Waals surface area contributed by atoms with Crippen LogP contribution in [-0.2, 0) is 11.3 Å². The van der Waals surface area contributed by atoms with Gasteiger partial charge in [-0.1, -0.05) is 0 Å². The fraction of sp³-hybridized carbons (Fsp3) is 0.583. The molecule has 0 aromatic carbocycles. The Bertz CT molecular complexity index is 516. The number of nitrogens with zero attached hydrogens (tertiary/aromatic N) is 4. The molecule has 0 atom stereocenters. The molecular formula is C12H16N4O. The quantitative estimate of drug-likeness (QED) is 0.788. The van der Waals surface area contributed by atoms with Gasteiger partial charge in [-0.05, 0) is 25.7 Å². The number of ether oxygens (including phenoxy) is 1. The van der Waals surface area contributed by atoms with Crippen LogP contribution in [0, 0.1) is 12.8 Å². The Morgan fingerprint density at radius 1 is 1.35 bits per heavy atom. The molecule has 1 aliphatic heterocycles. The predicted octanol–water partition coefficient (Wildman–Crippen LogP) is 1.56. The van der Waals surface area contributed by atoms with E-state index in [9.17, 15) is 0 Å². The van der Waals surface area contributed by atoms with Gasteiger partial charge in [0.1, 0.15) is 5.52 Å². The van der Waals surface area contributed by atoms with Crippen LogP contribution in [0.25, 0.3) is 11.2 Å². The van der Waals surface area contributed by atoms with Crippen LogP contribution in [0.1, 0.15) is 18.5 Å². The molecule has 1 fully saturated rings. The van der Waals surface area contributed by atoms with Crippen LogP contribution in [0.2, 0.25) is 0 Å². The van der Waals surface area contributed by atoms with Crippen LogP contribution >= 0.6 is 0 Å². The summed E-state index contributed by atoms with van der Waals surface area (Å²) in [5.41, 5.74) is 2.71. The van der Waals surface area contributed by atoms with Gasteiger partial charge in [-0.25, -0.2) is 14.6 Å². The van der Waals surface area contributed by atoms with Crippen molar-refractivity contribution >= 4 is 11.2 Å². The first-order chi connectivity index (χ1) is 8.33. The lowest BCUT2D eigenvalue weighted by Crippen LogP contribution is -2.21. The van der Waals surface area contributed by atoms with Gasteiger partial charge in [-0.3, -0.25) is 0 Å². The van der Waals surface area contributed by atoms with E-state index >= 15 is 0 Å². The zero-order valence-corrected chi connectivity index (χ0v) is 9.96. The van der Waals surface area contributed by atoms with Crippen molar-refractivity contribution in [1.82, 2.24) is 19.7 Å². The van der Waals surface area contributed by atoms with Gasteiger partial charge >= 0.3 is 0 Å². The second-order valence-corrected chi connectivity index (χ2v) is 4.60. The summed E-state index contributed by atoms with van der Waals surface area (Å²) in [6.45, 7) is 4.62. The molecule has 0 aliphatic carbocycles. The fourth-order valence-electron chi connectivity index (χ4n) is 2.24. The third-order valence-corrected chi connectivity index (χ3v) is 3.24. The highest BCUT2D eigenvalue weighted by Gasteiger charge is 2.16. The molecule has 0 unspecified atom stereocenters. The average molecular weight is 232 g/mol. The van der Waals surface area contributed by atoms with Crippen molar-refractivity contribution < 1.29 is 4.74 Å². The van der Waals surface area contributed by atoms with Gasteiger partial charge in [0.2, 0.25) is 0 Å². The molecule has 1 aliphatic rings. The normalized spacial score (nSPS) is 17.7. The Morgan fingerprint density at radius 2 is 2.18 bits per heavy atom. The summed E-state index contributed by atoms with van der Waals surface area (Å²) >= 11 is 0. The Morgan fingerprint density at radius 3 is 3.00 bits per heavy atom. The summed E-state index contributed by atoms with van der Waals surface area (Å²) in [7, 11) is 0. The standard InChI is InChI=1S/C12H16N4O/c1-9-6-13-11-7-14-16(12(11)15-9)8-10-2-4-17-5-3-10/h6-7,10H,2-5,8H2,1H3. The van der Waals surface area contributed by atoms with Gasteiger partial charge in [0, 0.05) is 26.0 Å². The highest BCUT2D eigenvalue weighted by molar-refractivity contribution is 5.68. The summed E-state index contributed by atoms with van der Waals surface area (Å²) in [6.07, 6.45) is 5.80. The first kappa shape index (κ1) is 10.7. The van der Waals surface area contributed by atoms with E-state index in [0.29, 0.717) is 5.92 Å². The maximum atomic E-state index is 5.37. The van der Waals surface area contributed by atoms with Gasteiger partial charge in [-0.2, -0.15) is 5.10 Å². The number of hydrogen-bond acceptors (Lipinski definition) is 4. The molecule has 3 rings (SSSR count). The van der Waals surface area contributed by atoms with Crippen LogP contribution in [-0.4, -0.2) is 33.0 Å². The Kier molecular flexibility index (Phi) is 2.76. The molecule has 1 saturated heterocycles. The monoisotopic (exact) mass is 232 g/mol. The number of rotatable bonds is 2. The van der Waals surface area contributed by atoms with Gasteiger partial charge in [-0.15, -0.1) is 0 Å². The lowest BCUT2D eigenvalue weighted by molar-refractivity contribution is 0.0605. The fourth-order valence-corrected chi connectivity index (χ4v) is 2.24. The van der Waals surface area contributed by atoms with E-state index < -0.39 is 0 Å². The molecule has 5 nitrogen and oxygen atoms in total.